The molecule has 21 heavy (non-hydrogen) atoms. The van der Waals surface area contributed by atoms with Crippen LogP contribution in [0.5, 0.6) is 0 Å². The standard InChI is InChI=1S/C14H15N3O3S/c1-20-13(18)11-4-2-3-10(5-11)6-17-7-12(15-16-17)14(19)8-21-9-14/h2-5,7,19H,6,8-9H2,1H3. The minimum Gasteiger partial charge on any atom is -0.465 e. The maximum Gasteiger partial charge on any atom is 0.337 e. The summed E-state index contributed by atoms with van der Waals surface area (Å²) in [6, 6.07) is 7.18. The molecule has 1 aromatic carbocycles. The van der Waals surface area contributed by atoms with Gasteiger partial charge < -0.3 is 9.84 Å². The van der Waals surface area contributed by atoms with Gasteiger partial charge in [0.2, 0.25) is 0 Å². The first-order valence-corrected chi connectivity index (χ1v) is 7.64. The highest BCUT2D eigenvalue weighted by atomic mass is 32.2. The number of thioether (sulfide) groups is 1. The first kappa shape index (κ1) is 14.1. The molecule has 6 nitrogen and oxygen atoms in total. The van der Waals surface area contributed by atoms with Crippen molar-refractivity contribution in [2.24, 2.45) is 0 Å². The van der Waals surface area contributed by atoms with Gasteiger partial charge in [0.25, 0.3) is 0 Å². The normalized spacial score (nSPS) is 16.3. The molecule has 1 fully saturated rings. The predicted molar refractivity (Wildman–Crippen MR) is 78.1 cm³/mol. The van der Waals surface area contributed by atoms with E-state index in [1.54, 1.807) is 40.8 Å². The summed E-state index contributed by atoms with van der Waals surface area (Å²) in [6.45, 7) is 0.487. The first-order valence-electron chi connectivity index (χ1n) is 6.49. The molecule has 7 heteroatoms. The zero-order valence-electron chi connectivity index (χ0n) is 11.5. The number of aromatic nitrogens is 3. The Morgan fingerprint density at radius 2 is 2.33 bits per heavy atom. The summed E-state index contributed by atoms with van der Waals surface area (Å²) in [5.41, 5.74) is 1.19. The Morgan fingerprint density at radius 3 is 3.00 bits per heavy atom. The third kappa shape index (κ3) is 2.79. The Hall–Kier alpha value is -1.86. The molecule has 0 amide bonds. The number of ether oxygens (including phenoxy) is 1. The Bertz CT molecular complexity index is 667. The summed E-state index contributed by atoms with van der Waals surface area (Å²) in [5, 5.41) is 18.3. The lowest BCUT2D eigenvalue weighted by atomic mass is 10.1. The van der Waals surface area contributed by atoms with Crippen LogP contribution >= 0.6 is 11.8 Å². The average Bonchev–Trinajstić information content (AvgIpc) is 2.93. The molecule has 3 rings (SSSR count). The molecule has 2 aromatic rings. The monoisotopic (exact) mass is 305 g/mol. The molecule has 1 aliphatic heterocycles. The number of aliphatic hydroxyl groups is 1. The van der Waals surface area contributed by atoms with Crippen molar-refractivity contribution in [1.82, 2.24) is 15.0 Å². The van der Waals surface area contributed by atoms with Gasteiger partial charge in [-0.3, -0.25) is 0 Å². The highest BCUT2D eigenvalue weighted by molar-refractivity contribution is 8.00. The Kier molecular flexibility index (Phi) is 3.69. The van der Waals surface area contributed by atoms with E-state index in [4.69, 9.17) is 4.74 Å². The van der Waals surface area contributed by atoms with E-state index in [0.717, 1.165) is 5.56 Å². The third-order valence-corrected chi connectivity index (χ3v) is 4.75. The second-order valence-corrected chi connectivity index (χ2v) is 6.00. The summed E-state index contributed by atoms with van der Waals surface area (Å²) in [6.07, 6.45) is 1.75. The number of methoxy groups -OCH3 is 1. The van der Waals surface area contributed by atoms with Crippen molar-refractivity contribution in [3.05, 3.63) is 47.3 Å². The molecule has 2 heterocycles. The molecule has 0 aliphatic carbocycles. The first-order chi connectivity index (χ1) is 10.1. The second-order valence-electron chi connectivity index (χ2n) is 5.02. The van der Waals surface area contributed by atoms with Gasteiger partial charge >= 0.3 is 5.97 Å². The molecular formula is C14H15N3O3S. The van der Waals surface area contributed by atoms with E-state index in [2.05, 4.69) is 10.3 Å². The smallest absolute Gasteiger partial charge is 0.337 e. The van der Waals surface area contributed by atoms with E-state index in [1.807, 2.05) is 6.07 Å². The van der Waals surface area contributed by atoms with E-state index in [0.29, 0.717) is 29.3 Å². The van der Waals surface area contributed by atoms with Crippen LogP contribution in [0.2, 0.25) is 0 Å². The molecular weight excluding hydrogens is 290 g/mol. The van der Waals surface area contributed by atoms with E-state index in [-0.39, 0.29) is 5.97 Å². The van der Waals surface area contributed by atoms with E-state index in [9.17, 15) is 9.90 Å². The van der Waals surface area contributed by atoms with Gasteiger partial charge in [-0.2, -0.15) is 11.8 Å². The Labute approximate surface area is 126 Å². The number of benzene rings is 1. The van der Waals surface area contributed by atoms with Gasteiger partial charge in [0.05, 0.1) is 25.4 Å². The van der Waals surface area contributed by atoms with Gasteiger partial charge in [-0.05, 0) is 17.7 Å². The van der Waals surface area contributed by atoms with E-state index < -0.39 is 5.60 Å². The highest BCUT2D eigenvalue weighted by Crippen LogP contribution is 2.37. The topological polar surface area (TPSA) is 77.2 Å². The largest absolute Gasteiger partial charge is 0.465 e. The molecule has 1 N–H and O–H groups in total. The number of rotatable bonds is 4. The van der Waals surface area contributed by atoms with Crippen LogP contribution in [0.25, 0.3) is 0 Å². The lowest BCUT2D eigenvalue weighted by molar-refractivity contribution is 0.0600. The van der Waals surface area contributed by atoms with Crippen LogP contribution in [-0.2, 0) is 16.9 Å². The highest BCUT2D eigenvalue weighted by Gasteiger charge is 2.39. The van der Waals surface area contributed by atoms with Crippen molar-refractivity contribution in [2.45, 2.75) is 12.1 Å². The summed E-state index contributed by atoms with van der Waals surface area (Å²) in [7, 11) is 1.36. The molecule has 0 unspecified atom stereocenters. The van der Waals surface area contributed by atoms with Crippen LogP contribution < -0.4 is 0 Å². The molecule has 0 spiro atoms. The van der Waals surface area contributed by atoms with Crippen molar-refractivity contribution in [1.29, 1.82) is 0 Å². The lowest BCUT2D eigenvalue weighted by Crippen LogP contribution is -2.40. The third-order valence-electron chi connectivity index (χ3n) is 3.39. The predicted octanol–water partition coefficient (Wildman–Crippen LogP) is 1.05. The molecule has 0 bridgehead atoms. The van der Waals surface area contributed by atoms with Gasteiger partial charge in [0.15, 0.2) is 0 Å². The van der Waals surface area contributed by atoms with E-state index >= 15 is 0 Å². The minimum atomic E-state index is -0.837. The van der Waals surface area contributed by atoms with E-state index in [1.165, 1.54) is 7.11 Å². The zero-order valence-corrected chi connectivity index (χ0v) is 12.3. The van der Waals surface area contributed by atoms with Crippen LogP contribution in [0.1, 0.15) is 21.6 Å². The molecule has 0 radical (unpaired) electrons. The maximum absolute atomic E-state index is 11.5. The fourth-order valence-electron chi connectivity index (χ4n) is 2.13. The summed E-state index contributed by atoms with van der Waals surface area (Å²) in [5.74, 6) is 0.949. The number of esters is 1. The van der Waals surface area contributed by atoms with Gasteiger partial charge in [-0.1, -0.05) is 17.3 Å². The van der Waals surface area contributed by atoms with Crippen LogP contribution in [0.4, 0.5) is 0 Å². The fraction of sp³-hybridized carbons (Fsp3) is 0.357. The van der Waals surface area contributed by atoms with Crippen molar-refractivity contribution in [2.75, 3.05) is 18.6 Å². The Morgan fingerprint density at radius 1 is 1.52 bits per heavy atom. The molecule has 1 aromatic heterocycles. The minimum absolute atomic E-state index is 0.364. The fourth-order valence-corrected chi connectivity index (χ4v) is 3.02. The van der Waals surface area contributed by atoms with Crippen LogP contribution in [0.15, 0.2) is 30.5 Å². The van der Waals surface area contributed by atoms with Gasteiger partial charge in [0, 0.05) is 11.5 Å². The van der Waals surface area contributed by atoms with Crippen molar-refractivity contribution >= 4 is 17.7 Å². The maximum atomic E-state index is 11.5. The number of carbonyl (C=O) groups is 1. The van der Waals surface area contributed by atoms with Crippen molar-refractivity contribution in [3.63, 3.8) is 0 Å². The molecule has 0 saturated carbocycles. The summed E-state index contributed by atoms with van der Waals surface area (Å²) >= 11 is 1.68. The molecule has 1 saturated heterocycles. The lowest BCUT2D eigenvalue weighted by Gasteiger charge is -2.33. The van der Waals surface area contributed by atoms with Crippen molar-refractivity contribution in [3.8, 4) is 0 Å². The number of hydrogen-bond acceptors (Lipinski definition) is 6. The Balaban J connectivity index is 1.76. The number of nitrogens with zero attached hydrogens (tertiary/aromatic N) is 3. The number of hydrogen-bond donors (Lipinski definition) is 1. The van der Waals surface area contributed by atoms with Crippen molar-refractivity contribution < 1.29 is 14.6 Å². The number of carbonyl (C=O) groups excluding carboxylic acids is 1. The van der Waals surface area contributed by atoms with Crippen LogP contribution in [-0.4, -0.2) is 44.7 Å². The summed E-state index contributed by atoms with van der Waals surface area (Å²) in [4.78, 5) is 11.5. The van der Waals surface area contributed by atoms with Crippen LogP contribution in [0.3, 0.4) is 0 Å². The van der Waals surface area contributed by atoms with Gasteiger partial charge in [-0.25, -0.2) is 9.48 Å². The average molecular weight is 305 g/mol. The zero-order chi connectivity index (χ0) is 14.9. The second kappa shape index (κ2) is 5.50. The SMILES string of the molecule is COC(=O)c1cccc(Cn2cc(C3(O)CSC3)nn2)c1. The molecule has 110 valence electrons. The van der Waals surface area contributed by atoms with Gasteiger partial charge in [-0.15, -0.1) is 5.10 Å². The summed E-state index contributed by atoms with van der Waals surface area (Å²) < 4.78 is 6.36. The molecule has 1 aliphatic rings. The van der Waals surface area contributed by atoms with Gasteiger partial charge in [0.1, 0.15) is 11.3 Å². The molecule has 0 atom stereocenters. The van der Waals surface area contributed by atoms with Crippen LogP contribution in [0, 0.1) is 0 Å². The quantitative estimate of drug-likeness (QED) is 0.851.